The van der Waals surface area contributed by atoms with E-state index < -0.39 is 6.10 Å². The maximum atomic E-state index is 12.2. The quantitative estimate of drug-likeness (QED) is 0.800. The van der Waals surface area contributed by atoms with Crippen LogP contribution in [0.5, 0.6) is 0 Å². The fourth-order valence-corrected chi connectivity index (χ4v) is 2.91. The van der Waals surface area contributed by atoms with Crippen LogP contribution in [0.1, 0.15) is 23.4 Å². The van der Waals surface area contributed by atoms with Gasteiger partial charge in [-0.15, -0.1) is 0 Å². The summed E-state index contributed by atoms with van der Waals surface area (Å²) in [5.74, 6) is 0.807. The molecule has 1 aromatic carbocycles. The summed E-state index contributed by atoms with van der Waals surface area (Å²) in [6, 6.07) is 6.55. The second-order valence-electron chi connectivity index (χ2n) is 5.86. The van der Waals surface area contributed by atoms with Gasteiger partial charge in [0.25, 0.3) is 0 Å². The third-order valence-corrected chi connectivity index (χ3v) is 4.56. The number of hydrogen-bond donors (Lipinski definition) is 2. The van der Waals surface area contributed by atoms with E-state index in [1.165, 1.54) is 16.8 Å². The maximum absolute atomic E-state index is 12.2. The predicted molar refractivity (Wildman–Crippen MR) is 95.0 cm³/mol. The third-order valence-electron chi connectivity index (χ3n) is 3.99. The molecular weight excluding hydrogens is 381 g/mol. The molecule has 138 valence electrons. The van der Waals surface area contributed by atoms with Crippen LogP contribution in [-0.4, -0.2) is 44.7 Å². The van der Waals surface area contributed by atoms with E-state index in [4.69, 9.17) is 33.5 Å². The summed E-state index contributed by atoms with van der Waals surface area (Å²) in [5.41, 5.74) is 6.43. The molecule has 0 radical (unpaired) electrons. The Morgan fingerprint density at radius 3 is 2.73 bits per heavy atom. The molecule has 0 spiro atoms. The Morgan fingerprint density at radius 1 is 1.35 bits per heavy atom. The summed E-state index contributed by atoms with van der Waals surface area (Å²) < 4.78 is 5.17. The van der Waals surface area contributed by atoms with Crippen LogP contribution in [-0.2, 0) is 13.0 Å². The van der Waals surface area contributed by atoms with Crippen molar-refractivity contribution in [3.8, 4) is 0 Å². The first-order valence-electron chi connectivity index (χ1n) is 7.77. The zero-order chi connectivity index (χ0) is 18.8. The summed E-state index contributed by atoms with van der Waals surface area (Å²) >= 11 is 11.9. The largest absolute Gasteiger partial charge is 0.388 e. The monoisotopic (exact) mass is 397 g/mol. The molecule has 1 aromatic heterocycles. The lowest BCUT2D eigenvalue weighted by Gasteiger charge is -2.32. The van der Waals surface area contributed by atoms with Gasteiger partial charge >= 0.3 is 6.03 Å². The minimum atomic E-state index is -0.794. The molecule has 2 aromatic rings. The predicted octanol–water partition coefficient (Wildman–Crippen LogP) is 2.23. The van der Waals surface area contributed by atoms with Crippen molar-refractivity contribution in [1.29, 1.82) is 0 Å². The van der Waals surface area contributed by atoms with E-state index in [0.717, 1.165) is 0 Å². The van der Waals surface area contributed by atoms with Gasteiger partial charge < -0.3 is 20.3 Å². The smallest absolute Gasteiger partial charge is 0.326 e. The van der Waals surface area contributed by atoms with Crippen LogP contribution in [0.3, 0.4) is 0 Å². The molecule has 0 saturated carbocycles. The number of aromatic nitrogens is 2. The highest BCUT2D eigenvalue weighted by Crippen LogP contribution is 2.22. The van der Waals surface area contributed by atoms with Crippen molar-refractivity contribution >= 4 is 29.2 Å². The van der Waals surface area contributed by atoms with Gasteiger partial charge in [0.1, 0.15) is 12.4 Å². The molecule has 2 heterocycles. The van der Waals surface area contributed by atoms with Crippen molar-refractivity contribution < 1.29 is 14.4 Å². The van der Waals surface area contributed by atoms with Crippen molar-refractivity contribution in [3.05, 3.63) is 57.4 Å². The average Bonchev–Trinajstić information content (AvgIpc) is 3.05. The lowest BCUT2D eigenvalue weighted by Crippen LogP contribution is -2.47. The molecule has 0 bridgehead atoms. The molecule has 0 saturated heterocycles. The van der Waals surface area contributed by atoms with Crippen molar-refractivity contribution in [2.45, 2.75) is 19.1 Å². The summed E-state index contributed by atoms with van der Waals surface area (Å²) in [6.45, 7) is 0.262. The first kappa shape index (κ1) is 18.5. The molecule has 0 unspecified atom stereocenters. The number of rotatable bonds is 5. The van der Waals surface area contributed by atoms with Gasteiger partial charge in [-0.3, -0.25) is 4.90 Å². The number of carbonyl (C=O) groups excluding carboxylic acids is 1. The van der Waals surface area contributed by atoms with Gasteiger partial charge in [0.15, 0.2) is 5.82 Å². The Hall–Kier alpha value is -2.29. The highest BCUT2D eigenvalue weighted by Gasteiger charge is 2.29. The van der Waals surface area contributed by atoms with Gasteiger partial charge in [-0.25, -0.2) is 4.79 Å². The number of amides is 2. The molecule has 0 aliphatic carbocycles. The first-order chi connectivity index (χ1) is 12.3. The lowest BCUT2D eigenvalue weighted by atomic mass is 10.1. The number of aliphatic hydroxyl groups is 1. The molecule has 1 aliphatic rings. The molecule has 1 aliphatic heterocycles. The second-order valence-corrected chi connectivity index (χ2v) is 6.76. The lowest BCUT2D eigenvalue weighted by molar-refractivity contribution is 0.160. The highest BCUT2D eigenvalue weighted by molar-refractivity contribution is 6.30. The minimum Gasteiger partial charge on any atom is -0.388 e. The van der Waals surface area contributed by atoms with E-state index in [2.05, 4.69) is 10.1 Å². The molecule has 2 amide bonds. The SMILES string of the molecule is CN1C(=O)N(Cc2nc(C[C@H](O)c3ccc(Cl)cc3)no2)CC(Cl)=C1N. The fourth-order valence-electron chi connectivity index (χ4n) is 2.51. The van der Waals surface area contributed by atoms with E-state index in [-0.39, 0.29) is 37.3 Å². The number of benzene rings is 1. The minimum absolute atomic E-state index is 0.0940. The van der Waals surface area contributed by atoms with Crippen LogP contribution in [0.25, 0.3) is 0 Å². The standard InChI is InChI=1S/C16H17Cl2N5O3/c1-22-15(19)11(18)7-23(16(22)25)8-14-20-13(21-26-14)6-12(24)9-2-4-10(17)5-3-9/h2-5,12,24H,6-8,19H2,1H3/t12-/m0/s1. The van der Waals surface area contributed by atoms with Crippen molar-refractivity contribution in [1.82, 2.24) is 19.9 Å². The van der Waals surface area contributed by atoms with Gasteiger partial charge in [0.2, 0.25) is 5.89 Å². The fraction of sp³-hybridized carbons (Fsp3) is 0.312. The number of nitrogens with two attached hydrogens (primary N) is 1. The first-order valence-corrected chi connectivity index (χ1v) is 8.52. The Labute approximate surface area is 159 Å². The third kappa shape index (κ3) is 3.92. The molecule has 1 atom stereocenters. The van der Waals surface area contributed by atoms with Crippen LogP contribution in [0.2, 0.25) is 5.02 Å². The van der Waals surface area contributed by atoms with Crippen LogP contribution in [0.4, 0.5) is 4.79 Å². The van der Waals surface area contributed by atoms with Crippen molar-refractivity contribution in [3.63, 3.8) is 0 Å². The Bertz CT molecular complexity index is 837. The topological polar surface area (TPSA) is 109 Å². The van der Waals surface area contributed by atoms with Crippen molar-refractivity contribution in [2.75, 3.05) is 13.6 Å². The molecule has 3 N–H and O–H groups in total. The number of carbonyl (C=O) groups is 1. The Kier molecular flexibility index (Phi) is 5.36. The molecule has 10 heteroatoms. The van der Waals surface area contributed by atoms with Gasteiger partial charge in [0.05, 0.1) is 17.7 Å². The number of aliphatic hydroxyl groups excluding tert-OH is 1. The number of urea groups is 1. The molecule has 0 fully saturated rings. The normalized spacial score (nSPS) is 16.4. The van der Waals surface area contributed by atoms with Crippen LogP contribution >= 0.6 is 23.2 Å². The highest BCUT2D eigenvalue weighted by atomic mass is 35.5. The van der Waals surface area contributed by atoms with Gasteiger partial charge in [-0.1, -0.05) is 40.5 Å². The Balaban J connectivity index is 1.65. The zero-order valence-corrected chi connectivity index (χ0v) is 15.4. The molecule has 3 rings (SSSR count). The summed E-state index contributed by atoms with van der Waals surface area (Å²) in [4.78, 5) is 19.1. The van der Waals surface area contributed by atoms with E-state index in [1.54, 1.807) is 24.3 Å². The Morgan fingerprint density at radius 2 is 2.04 bits per heavy atom. The summed E-state index contributed by atoms with van der Waals surface area (Å²) in [7, 11) is 1.54. The summed E-state index contributed by atoms with van der Waals surface area (Å²) in [5, 5.41) is 15.1. The van der Waals surface area contributed by atoms with E-state index >= 15 is 0 Å². The van der Waals surface area contributed by atoms with Crippen molar-refractivity contribution in [2.24, 2.45) is 5.73 Å². The van der Waals surface area contributed by atoms with E-state index in [1.807, 2.05) is 0 Å². The number of hydrogen-bond acceptors (Lipinski definition) is 6. The van der Waals surface area contributed by atoms with E-state index in [0.29, 0.717) is 21.4 Å². The number of nitrogens with zero attached hydrogens (tertiary/aromatic N) is 4. The van der Waals surface area contributed by atoms with Crippen LogP contribution < -0.4 is 5.73 Å². The number of halogens is 2. The summed E-state index contributed by atoms with van der Waals surface area (Å²) in [6.07, 6.45) is -0.621. The molecule has 8 nitrogen and oxygen atoms in total. The van der Waals surface area contributed by atoms with Gasteiger partial charge in [0, 0.05) is 18.5 Å². The van der Waals surface area contributed by atoms with Crippen LogP contribution in [0.15, 0.2) is 39.6 Å². The van der Waals surface area contributed by atoms with Gasteiger partial charge in [-0.2, -0.15) is 4.98 Å². The molecule has 26 heavy (non-hydrogen) atoms. The maximum Gasteiger partial charge on any atom is 0.326 e. The van der Waals surface area contributed by atoms with E-state index in [9.17, 15) is 9.90 Å². The zero-order valence-electron chi connectivity index (χ0n) is 13.9. The average molecular weight is 398 g/mol. The second kappa shape index (κ2) is 7.53. The molecular formula is C16H17Cl2N5O3. The van der Waals surface area contributed by atoms with Gasteiger partial charge in [-0.05, 0) is 17.7 Å². The van der Waals surface area contributed by atoms with Crippen LogP contribution in [0, 0.1) is 0 Å².